The highest BCUT2D eigenvalue weighted by Crippen LogP contribution is 2.19. The maximum atomic E-state index is 13.0. The Bertz CT molecular complexity index is 625. The van der Waals surface area contributed by atoms with Crippen molar-refractivity contribution in [2.24, 2.45) is 0 Å². The van der Waals surface area contributed by atoms with Gasteiger partial charge in [0.1, 0.15) is 0 Å². The molecule has 1 aliphatic heterocycles. The minimum Gasteiger partial charge on any atom is -0.449 e. The lowest BCUT2D eigenvalue weighted by molar-refractivity contribution is -0.131. The number of hydrogen-bond donors (Lipinski definition) is 1. The van der Waals surface area contributed by atoms with Crippen LogP contribution in [0.3, 0.4) is 0 Å². The average molecular weight is 416 g/mol. The van der Waals surface area contributed by atoms with Gasteiger partial charge in [-0.15, -0.1) is 5.01 Å². The number of carbonyl (C=O) groups is 4. The van der Waals surface area contributed by atoms with Gasteiger partial charge in [0.25, 0.3) is 5.91 Å². The summed E-state index contributed by atoms with van der Waals surface area (Å²) < 4.78 is 14.8. The summed E-state index contributed by atoms with van der Waals surface area (Å²) in [6.07, 6.45) is -0.940. The van der Waals surface area contributed by atoms with Gasteiger partial charge in [0.2, 0.25) is 5.91 Å². The van der Waals surface area contributed by atoms with Crippen LogP contribution in [-0.2, 0) is 23.8 Å². The zero-order valence-electron chi connectivity index (χ0n) is 17.1. The minimum atomic E-state index is -2.27. The number of ether oxygens (including phenoxy) is 3. The van der Waals surface area contributed by atoms with E-state index in [0.717, 1.165) is 6.08 Å². The van der Waals surface area contributed by atoms with Crippen molar-refractivity contribution < 1.29 is 33.4 Å². The van der Waals surface area contributed by atoms with Crippen molar-refractivity contribution in [3.63, 3.8) is 0 Å². The second kappa shape index (κ2) is 10.8. The first-order chi connectivity index (χ1) is 13.1. The van der Waals surface area contributed by atoms with Crippen molar-refractivity contribution in [3.05, 3.63) is 11.3 Å². The van der Waals surface area contributed by atoms with Crippen molar-refractivity contribution in [1.82, 2.24) is 15.3 Å². The number of morpholine rings is 1. The van der Waals surface area contributed by atoms with E-state index >= 15 is 0 Å². The number of carbonyl (C=O) groups excluding carboxylic acids is 4. The smallest absolute Gasteiger partial charge is 0.436 e. The highest BCUT2D eigenvalue weighted by molar-refractivity contribution is 6.87. The second-order valence-corrected chi connectivity index (χ2v) is 12.0. The Hall–Kier alpha value is -2.40. The number of nitrogens with zero attached hydrogens (tertiary/aromatic N) is 2. The van der Waals surface area contributed by atoms with Crippen molar-refractivity contribution in [1.29, 1.82) is 0 Å². The summed E-state index contributed by atoms with van der Waals surface area (Å²) in [5, 5.41) is 0.744. The molecule has 0 radical (unpaired) electrons. The van der Waals surface area contributed by atoms with Crippen LogP contribution in [-0.4, -0.2) is 81.5 Å². The van der Waals surface area contributed by atoms with Crippen molar-refractivity contribution >= 4 is 32.1 Å². The number of rotatable bonds is 5. The topological polar surface area (TPSA) is 114 Å². The van der Waals surface area contributed by atoms with Gasteiger partial charge in [0.05, 0.1) is 34.5 Å². The summed E-state index contributed by atoms with van der Waals surface area (Å²) in [5.41, 5.74) is 2.05. The highest BCUT2D eigenvalue weighted by atomic mass is 28.3. The molecule has 0 unspecified atom stereocenters. The van der Waals surface area contributed by atoms with Crippen molar-refractivity contribution in [3.8, 4) is 0 Å². The Morgan fingerprint density at radius 3 is 2.14 bits per heavy atom. The van der Waals surface area contributed by atoms with Gasteiger partial charge in [-0.1, -0.05) is 19.6 Å². The molecule has 11 heteroatoms. The Balaban J connectivity index is 3.15. The fourth-order valence-corrected chi connectivity index (χ4v) is 3.71. The molecule has 0 aliphatic carbocycles. The van der Waals surface area contributed by atoms with Crippen LogP contribution >= 0.6 is 0 Å². The van der Waals surface area contributed by atoms with Crippen LogP contribution in [0.25, 0.3) is 0 Å². The Kier molecular flexibility index (Phi) is 9.12. The van der Waals surface area contributed by atoms with Gasteiger partial charge in [-0.2, -0.15) is 0 Å². The second-order valence-electron chi connectivity index (χ2n) is 6.92. The summed E-state index contributed by atoms with van der Waals surface area (Å²) in [4.78, 5) is 51.1. The monoisotopic (exact) mass is 415 g/mol. The highest BCUT2D eigenvalue weighted by Gasteiger charge is 2.33. The first kappa shape index (κ1) is 23.6. The van der Waals surface area contributed by atoms with Crippen LogP contribution in [0.2, 0.25) is 19.6 Å². The molecule has 1 saturated heterocycles. The van der Waals surface area contributed by atoms with Crippen LogP contribution in [0, 0.1) is 0 Å². The number of amides is 4. The van der Waals surface area contributed by atoms with Gasteiger partial charge in [-0.3, -0.25) is 9.59 Å². The van der Waals surface area contributed by atoms with Gasteiger partial charge in [-0.25, -0.2) is 15.0 Å². The van der Waals surface area contributed by atoms with E-state index in [1.807, 2.05) is 19.6 Å². The molecule has 0 aromatic rings. The van der Waals surface area contributed by atoms with E-state index in [9.17, 15) is 19.2 Å². The fourth-order valence-electron chi connectivity index (χ4n) is 2.36. The van der Waals surface area contributed by atoms with Crippen LogP contribution in [0.1, 0.15) is 13.8 Å². The zero-order chi connectivity index (χ0) is 21.3. The number of hydrogen-bond acceptors (Lipinski definition) is 7. The molecule has 0 aromatic carbocycles. The summed E-state index contributed by atoms with van der Waals surface area (Å²) in [5.74, 6) is -1.15. The molecule has 0 bridgehead atoms. The standard InChI is InChI=1S/C17H29N3O7Si/c1-6-26-16(23)18-20(17(24)27-7-2)14(21)12-13(28(3,4)5)15(22)19-8-10-25-11-9-19/h12H,6-11H2,1-5H3,(H,18,23)/b13-12+. The van der Waals surface area contributed by atoms with Crippen molar-refractivity contribution in [2.45, 2.75) is 33.5 Å². The molecule has 1 N–H and O–H groups in total. The van der Waals surface area contributed by atoms with E-state index < -0.39 is 26.2 Å². The quantitative estimate of drug-likeness (QED) is 0.409. The Labute approximate surface area is 165 Å². The first-order valence-corrected chi connectivity index (χ1v) is 12.6. The van der Waals surface area contributed by atoms with Crippen LogP contribution in [0.5, 0.6) is 0 Å². The Morgan fingerprint density at radius 1 is 1.07 bits per heavy atom. The lowest BCUT2D eigenvalue weighted by atomic mass is 10.3. The molecule has 1 aliphatic rings. The molecular weight excluding hydrogens is 386 g/mol. The number of imide groups is 1. The van der Waals surface area contributed by atoms with Gasteiger partial charge < -0.3 is 19.1 Å². The summed E-state index contributed by atoms with van der Waals surface area (Å²) in [6, 6.07) is 0. The molecule has 28 heavy (non-hydrogen) atoms. The normalized spacial score (nSPS) is 14.9. The predicted octanol–water partition coefficient (Wildman–Crippen LogP) is 1.30. The number of nitrogens with one attached hydrogen (secondary N) is 1. The van der Waals surface area contributed by atoms with Gasteiger partial charge in [0, 0.05) is 24.4 Å². The maximum Gasteiger partial charge on any atom is 0.436 e. The molecule has 0 atom stereocenters. The third-order valence-electron chi connectivity index (χ3n) is 3.75. The molecule has 158 valence electrons. The maximum absolute atomic E-state index is 13.0. The van der Waals surface area contributed by atoms with E-state index in [1.54, 1.807) is 18.7 Å². The SMILES string of the molecule is CCOC(=O)NN(C(=O)/C=C(\C(=O)N1CCOCC1)[Si](C)(C)C)C(=O)OCC. The van der Waals surface area contributed by atoms with Crippen molar-refractivity contribution in [2.75, 3.05) is 39.5 Å². The van der Waals surface area contributed by atoms with Gasteiger partial charge in [-0.05, 0) is 13.8 Å². The lowest BCUT2D eigenvalue weighted by Crippen LogP contribution is -2.51. The molecule has 1 fully saturated rings. The van der Waals surface area contributed by atoms with Crippen LogP contribution < -0.4 is 5.43 Å². The third-order valence-corrected chi connectivity index (χ3v) is 5.73. The molecule has 10 nitrogen and oxygen atoms in total. The van der Waals surface area contributed by atoms with Crippen LogP contribution in [0.15, 0.2) is 11.3 Å². The number of hydrazine groups is 1. The average Bonchev–Trinajstić information content (AvgIpc) is 2.63. The molecular formula is C17H29N3O7Si. The predicted molar refractivity (Wildman–Crippen MR) is 103 cm³/mol. The van der Waals surface area contributed by atoms with Crippen LogP contribution in [0.4, 0.5) is 9.59 Å². The molecule has 0 spiro atoms. The Morgan fingerprint density at radius 2 is 1.64 bits per heavy atom. The summed E-state index contributed by atoms with van der Waals surface area (Å²) in [7, 11) is -2.27. The van der Waals surface area contributed by atoms with E-state index in [1.165, 1.54) is 0 Å². The fraction of sp³-hybridized carbons (Fsp3) is 0.647. The molecule has 0 saturated carbocycles. The molecule has 1 heterocycles. The molecule has 4 amide bonds. The summed E-state index contributed by atoms with van der Waals surface area (Å²) >= 11 is 0. The summed E-state index contributed by atoms with van der Waals surface area (Å²) in [6.45, 7) is 10.7. The largest absolute Gasteiger partial charge is 0.449 e. The lowest BCUT2D eigenvalue weighted by Gasteiger charge is -2.31. The molecule has 0 aromatic heterocycles. The zero-order valence-corrected chi connectivity index (χ0v) is 18.1. The molecule has 1 rings (SSSR count). The minimum absolute atomic E-state index is 0.00438. The van der Waals surface area contributed by atoms with E-state index in [2.05, 4.69) is 5.43 Å². The first-order valence-electron chi connectivity index (χ1n) is 9.15. The van der Waals surface area contributed by atoms with Gasteiger partial charge >= 0.3 is 12.2 Å². The van der Waals surface area contributed by atoms with E-state index in [4.69, 9.17) is 14.2 Å². The van der Waals surface area contributed by atoms with E-state index in [0.29, 0.717) is 36.5 Å². The van der Waals surface area contributed by atoms with Gasteiger partial charge in [0.15, 0.2) is 0 Å². The third kappa shape index (κ3) is 6.96. The van der Waals surface area contributed by atoms with E-state index in [-0.39, 0.29) is 19.1 Å².